The first-order valence-corrected chi connectivity index (χ1v) is 6.61. The number of aromatic nitrogens is 2. The van der Waals surface area contributed by atoms with Crippen LogP contribution in [0.1, 0.15) is 10.4 Å². The summed E-state index contributed by atoms with van der Waals surface area (Å²) < 4.78 is 6.94. The number of ether oxygens (including phenoxy) is 1. The molecule has 0 atom stereocenters. The van der Waals surface area contributed by atoms with E-state index in [1.165, 1.54) is 12.4 Å². The summed E-state index contributed by atoms with van der Waals surface area (Å²) in [6, 6.07) is 4.69. The van der Waals surface area contributed by atoms with Crippen LogP contribution in [0.2, 0.25) is 0 Å². The van der Waals surface area contributed by atoms with Crippen molar-refractivity contribution in [2.75, 3.05) is 0 Å². The fraction of sp³-hybridized carbons (Fsp3) is 0. The van der Waals surface area contributed by atoms with Crippen molar-refractivity contribution in [1.82, 2.24) is 9.97 Å². The molecule has 0 amide bonds. The van der Waals surface area contributed by atoms with Crippen LogP contribution in [-0.2, 0) is 0 Å². The van der Waals surface area contributed by atoms with Crippen molar-refractivity contribution in [2.45, 2.75) is 0 Å². The Balaban J connectivity index is 2.42. The Labute approximate surface area is 124 Å². The zero-order valence-corrected chi connectivity index (χ0v) is 12.5. The van der Waals surface area contributed by atoms with Gasteiger partial charge in [0.15, 0.2) is 0 Å². The third-order valence-electron chi connectivity index (χ3n) is 2.01. The third kappa shape index (κ3) is 2.96. The van der Waals surface area contributed by atoms with E-state index in [0.29, 0.717) is 9.45 Å². The molecule has 92 valence electrons. The molecule has 0 fully saturated rings. The fourth-order valence-electron chi connectivity index (χ4n) is 1.24. The predicted molar refractivity (Wildman–Crippen MR) is 75.9 cm³/mol. The van der Waals surface area contributed by atoms with Crippen LogP contribution >= 0.6 is 38.5 Å². The second-order valence-electron chi connectivity index (χ2n) is 3.22. The minimum Gasteiger partial charge on any atom is -0.478 e. The van der Waals surface area contributed by atoms with Gasteiger partial charge in [0, 0.05) is 10.7 Å². The van der Waals surface area contributed by atoms with Gasteiger partial charge in [0.2, 0.25) is 5.88 Å². The van der Waals surface area contributed by atoms with Gasteiger partial charge >= 0.3 is 5.97 Å². The molecule has 1 heterocycles. The van der Waals surface area contributed by atoms with E-state index in [0.717, 1.165) is 4.47 Å². The van der Waals surface area contributed by atoms with Crippen LogP contribution in [-0.4, -0.2) is 21.0 Å². The van der Waals surface area contributed by atoms with Crippen LogP contribution in [0.4, 0.5) is 0 Å². The van der Waals surface area contributed by atoms with Gasteiger partial charge in [-0.25, -0.2) is 14.8 Å². The summed E-state index contributed by atoms with van der Waals surface area (Å²) >= 11 is 5.29. The third-order valence-corrected chi connectivity index (χ3v) is 3.25. The zero-order valence-electron chi connectivity index (χ0n) is 8.80. The molecule has 0 aliphatic rings. The van der Waals surface area contributed by atoms with Crippen molar-refractivity contribution in [1.29, 1.82) is 0 Å². The lowest BCUT2D eigenvalue weighted by molar-refractivity contribution is 0.0694. The van der Waals surface area contributed by atoms with Crippen LogP contribution in [0.25, 0.3) is 0 Å². The zero-order chi connectivity index (χ0) is 13.1. The predicted octanol–water partition coefficient (Wildman–Crippen LogP) is 3.33. The first-order valence-electron chi connectivity index (χ1n) is 4.74. The molecular formula is C11H6BrIN2O3. The Hall–Kier alpha value is -1.22. The van der Waals surface area contributed by atoms with E-state index >= 15 is 0 Å². The summed E-state index contributed by atoms with van der Waals surface area (Å²) in [4.78, 5) is 18.9. The van der Waals surface area contributed by atoms with Crippen LogP contribution in [0, 0.1) is 3.57 Å². The molecule has 0 radical (unpaired) electrons. The minimum atomic E-state index is -1.05. The van der Waals surface area contributed by atoms with Gasteiger partial charge in [0.05, 0.1) is 3.57 Å². The number of carbonyl (C=O) groups is 1. The first-order chi connectivity index (χ1) is 8.58. The number of benzene rings is 1. The molecule has 2 aromatic rings. The standard InChI is InChI=1S/C11H6BrIN2O3/c12-6-1-2-7(11(16)17)9(3-6)18-10-8(13)4-14-5-15-10/h1-5H,(H,16,17). The topological polar surface area (TPSA) is 72.3 Å². The van der Waals surface area contributed by atoms with Crippen molar-refractivity contribution in [3.8, 4) is 11.6 Å². The number of rotatable bonds is 3. The summed E-state index contributed by atoms with van der Waals surface area (Å²) in [6.07, 6.45) is 2.93. The number of carboxylic acid groups (broad SMARTS) is 1. The molecule has 0 spiro atoms. The molecule has 1 aromatic heterocycles. The lowest BCUT2D eigenvalue weighted by Crippen LogP contribution is -2.01. The number of halogens is 2. The first kappa shape index (κ1) is 13.2. The maximum atomic E-state index is 11.1. The van der Waals surface area contributed by atoms with Gasteiger partial charge in [-0.15, -0.1) is 0 Å². The van der Waals surface area contributed by atoms with Gasteiger partial charge < -0.3 is 9.84 Å². The van der Waals surface area contributed by atoms with Crippen molar-refractivity contribution in [3.63, 3.8) is 0 Å². The van der Waals surface area contributed by atoms with Crippen LogP contribution < -0.4 is 4.74 Å². The average Bonchev–Trinajstić information content (AvgIpc) is 2.32. The lowest BCUT2D eigenvalue weighted by atomic mass is 10.2. The molecule has 0 saturated carbocycles. The number of aromatic carboxylic acids is 1. The van der Waals surface area contributed by atoms with E-state index < -0.39 is 5.97 Å². The summed E-state index contributed by atoms with van der Waals surface area (Å²) in [7, 11) is 0. The van der Waals surface area contributed by atoms with Crippen molar-refractivity contribution >= 4 is 44.5 Å². The van der Waals surface area contributed by atoms with Crippen molar-refractivity contribution in [3.05, 3.63) is 44.3 Å². The van der Waals surface area contributed by atoms with E-state index in [1.807, 2.05) is 22.6 Å². The maximum Gasteiger partial charge on any atom is 0.339 e. The highest BCUT2D eigenvalue weighted by Crippen LogP contribution is 2.29. The van der Waals surface area contributed by atoms with E-state index in [9.17, 15) is 4.79 Å². The molecule has 1 aromatic carbocycles. The normalized spacial score (nSPS) is 10.1. The average molecular weight is 421 g/mol. The maximum absolute atomic E-state index is 11.1. The molecular weight excluding hydrogens is 415 g/mol. The Bertz CT molecular complexity index is 607. The van der Waals surface area contributed by atoms with E-state index in [2.05, 4.69) is 25.9 Å². The molecule has 0 aliphatic carbocycles. The van der Waals surface area contributed by atoms with Crippen LogP contribution in [0.5, 0.6) is 11.6 Å². The molecule has 0 aliphatic heterocycles. The number of hydrogen-bond donors (Lipinski definition) is 1. The number of carboxylic acids is 1. The van der Waals surface area contributed by atoms with Gasteiger partial charge in [-0.2, -0.15) is 0 Å². The molecule has 0 unspecified atom stereocenters. The van der Waals surface area contributed by atoms with Crippen molar-refractivity contribution < 1.29 is 14.6 Å². The summed E-state index contributed by atoms with van der Waals surface area (Å²) in [5, 5.41) is 9.07. The highest BCUT2D eigenvalue weighted by atomic mass is 127. The molecule has 0 saturated heterocycles. The van der Waals surface area contributed by atoms with Crippen molar-refractivity contribution in [2.24, 2.45) is 0 Å². The van der Waals surface area contributed by atoms with E-state index in [1.54, 1.807) is 18.3 Å². The smallest absolute Gasteiger partial charge is 0.339 e. The van der Waals surface area contributed by atoms with Crippen LogP contribution in [0.3, 0.4) is 0 Å². The number of hydrogen-bond acceptors (Lipinski definition) is 4. The highest BCUT2D eigenvalue weighted by molar-refractivity contribution is 14.1. The fourth-order valence-corrected chi connectivity index (χ4v) is 1.99. The monoisotopic (exact) mass is 420 g/mol. The summed E-state index contributed by atoms with van der Waals surface area (Å²) in [5.41, 5.74) is 0.0765. The van der Waals surface area contributed by atoms with Gasteiger partial charge in [-0.05, 0) is 40.8 Å². The Kier molecular flexibility index (Phi) is 4.12. The lowest BCUT2D eigenvalue weighted by Gasteiger charge is -2.09. The molecule has 7 heteroatoms. The van der Waals surface area contributed by atoms with Crippen LogP contribution in [0.15, 0.2) is 35.2 Å². The van der Waals surface area contributed by atoms with Gasteiger partial charge in [0.25, 0.3) is 0 Å². The summed E-state index contributed by atoms with van der Waals surface area (Å²) in [5.74, 6) is -0.499. The second-order valence-corrected chi connectivity index (χ2v) is 5.30. The minimum absolute atomic E-state index is 0.0765. The number of nitrogens with zero attached hydrogens (tertiary/aromatic N) is 2. The molecule has 2 rings (SSSR count). The van der Waals surface area contributed by atoms with Gasteiger partial charge in [-0.3, -0.25) is 0 Å². The SMILES string of the molecule is O=C(O)c1ccc(Br)cc1Oc1ncncc1I. The Morgan fingerprint density at radius 3 is 2.89 bits per heavy atom. The Morgan fingerprint density at radius 2 is 2.22 bits per heavy atom. The van der Waals surface area contributed by atoms with Gasteiger partial charge in [0.1, 0.15) is 17.6 Å². The second kappa shape index (κ2) is 5.61. The molecule has 0 bridgehead atoms. The summed E-state index contributed by atoms with van der Waals surface area (Å²) in [6.45, 7) is 0. The van der Waals surface area contributed by atoms with Gasteiger partial charge in [-0.1, -0.05) is 15.9 Å². The molecule has 18 heavy (non-hydrogen) atoms. The molecule has 1 N–H and O–H groups in total. The highest BCUT2D eigenvalue weighted by Gasteiger charge is 2.14. The van der Waals surface area contributed by atoms with E-state index in [4.69, 9.17) is 9.84 Å². The Morgan fingerprint density at radius 1 is 1.44 bits per heavy atom. The molecule has 5 nitrogen and oxygen atoms in total. The largest absolute Gasteiger partial charge is 0.478 e. The quantitative estimate of drug-likeness (QED) is 0.771. The van der Waals surface area contributed by atoms with E-state index in [-0.39, 0.29) is 11.3 Å².